The summed E-state index contributed by atoms with van der Waals surface area (Å²) in [7, 11) is 1.60. The molecule has 1 aliphatic rings. The van der Waals surface area contributed by atoms with Gasteiger partial charge in [0.25, 0.3) is 11.6 Å². The molecule has 0 saturated carbocycles. The summed E-state index contributed by atoms with van der Waals surface area (Å²) in [6, 6.07) is 1.12. The first kappa shape index (κ1) is 15.5. The molecule has 0 bridgehead atoms. The van der Waals surface area contributed by atoms with E-state index in [-0.39, 0.29) is 29.8 Å². The molecule has 2 atom stereocenters. The number of ether oxygens (including phenoxy) is 1. The van der Waals surface area contributed by atoms with Crippen molar-refractivity contribution in [2.45, 2.75) is 32.0 Å². The van der Waals surface area contributed by atoms with Crippen molar-refractivity contribution in [3.8, 4) is 0 Å². The normalized spacial score (nSPS) is 21.7. The maximum Gasteiger partial charge on any atom is 0.287 e. The van der Waals surface area contributed by atoms with Gasteiger partial charge in [0.15, 0.2) is 0 Å². The van der Waals surface area contributed by atoms with E-state index in [1.54, 1.807) is 11.7 Å². The van der Waals surface area contributed by atoms with Crippen LogP contribution in [0.4, 0.5) is 5.69 Å². The molecule has 21 heavy (non-hydrogen) atoms. The fourth-order valence-electron chi connectivity index (χ4n) is 2.46. The zero-order valence-corrected chi connectivity index (χ0v) is 12.3. The van der Waals surface area contributed by atoms with Gasteiger partial charge in [-0.2, -0.15) is 0 Å². The van der Waals surface area contributed by atoms with Gasteiger partial charge in [-0.3, -0.25) is 14.9 Å². The van der Waals surface area contributed by atoms with Gasteiger partial charge in [-0.25, -0.2) is 0 Å². The first-order valence-electron chi connectivity index (χ1n) is 6.84. The molecule has 1 amide bonds. The van der Waals surface area contributed by atoms with Crippen LogP contribution >= 0.6 is 0 Å². The SMILES string of the molecule is CO[C@H]1CNCC1NC(=O)c1cc([N+](=O)[O-])cn1C(C)C. The Hall–Kier alpha value is -1.93. The highest BCUT2D eigenvalue weighted by molar-refractivity contribution is 5.93. The number of hydrogen-bond donors (Lipinski definition) is 2. The average molecular weight is 296 g/mol. The highest BCUT2D eigenvalue weighted by atomic mass is 16.6. The predicted molar refractivity (Wildman–Crippen MR) is 76.4 cm³/mol. The van der Waals surface area contributed by atoms with Crippen molar-refractivity contribution in [3.63, 3.8) is 0 Å². The zero-order chi connectivity index (χ0) is 15.6. The fourth-order valence-corrected chi connectivity index (χ4v) is 2.46. The number of nitro groups is 1. The third-order valence-corrected chi connectivity index (χ3v) is 3.61. The van der Waals surface area contributed by atoms with E-state index in [0.717, 1.165) is 0 Å². The number of carbonyl (C=O) groups is 1. The largest absolute Gasteiger partial charge is 0.378 e. The van der Waals surface area contributed by atoms with Gasteiger partial charge in [0, 0.05) is 32.3 Å². The summed E-state index contributed by atoms with van der Waals surface area (Å²) < 4.78 is 6.90. The van der Waals surface area contributed by atoms with Crippen LogP contribution in [0.15, 0.2) is 12.3 Å². The fraction of sp³-hybridized carbons (Fsp3) is 0.615. The van der Waals surface area contributed by atoms with Gasteiger partial charge in [0.05, 0.1) is 23.3 Å². The molecule has 0 aliphatic carbocycles. The maximum atomic E-state index is 12.4. The summed E-state index contributed by atoms with van der Waals surface area (Å²) in [5.74, 6) is -0.326. The quantitative estimate of drug-likeness (QED) is 0.615. The van der Waals surface area contributed by atoms with E-state index < -0.39 is 4.92 Å². The van der Waals surface area contributed by atoms with Crippen LogP contribution in [0.25, 0.3) is 0 Å². The number of rotatable bonds is 5. The summed E-state index contributed by atoms with van der Waals surface area (Å²) >= 11 is 0. The van der Waals surface area contributed by atoms with Gasteiger partial charge >= 0.3 is 0 Å². The standard InChI is InChI=1S/C13H20N4O4/c1-8(2)16-7-9(17(19)20)4-11(16)13(18)15-10-5-14-6-12(10)21-3/h4,7-8,10,12,14H,5-6H2,1-3H3,(H,15,18)/t10?,12-/m0/s1. The summed E-state index contributed by atoms with van der Waals surface area (Å²) in [6.45, 7) is 5.03. The Morgan fingerprint density at radius 2 is 2.29 bits per heavy atom. The minimum atomic E-state index is -0.495. The Morgan fingerprint density at radius 3 is 2.86 bits per heavy atom. The molecule has 1 aromatic heterocycles. The minimum absolute atomic E-state index is 0.0422. The number of methoxy groups -OCH3 is 1. The van der Waals surface area contributed by atoms with Crippen molar-refractivity contribution in [2.75, 3.05) is 20.2 Å². The number of nitrogens with one attached hydrogen (secondary N) is 2. The van der Waals surface area contributed by atoms with Crippen LogP contribution in [0.5, 0.6) is 0 Å². The Labute approximate surface area is 122 Å². The smallest absolute Gasteiger partial charge is 0.287 e. The van der Waals surface area contributed by atoms with Crippen LogP contribution in [-0.2, 0) is 4.74 Å². The molecule has 1 unspecified atom stereocenters. The molecule has 0 radical (unpaired) electrons. The van der Waals surface area contributed by atoms with Crippen LogP contribution in [0.1, 0.15) is 30.4 Å². The highest BCUT2D eigenvalue weighted by Gasteiger charge is 2.30. The van der Waals surface area contributed by atoms with E-state index in [0.29, 0.717) is 18.8 Å². The van der Waals surface area contributed by atoms with Gasteiger partial charge in [-0.1, -0.05) is 0 Å². The molecule has 1 fully saturated rings. The van der Waals surface area contributed by atoms with Crippen molar-refractivity contribution < 1.29 is 14.5 Å². The van der Waals surface area contributed by atoms with E-state index in [2.05, 4.69) is 10.6 Å². The second-order valence-electron chi connectivity index (χ2n) is 5.35. The van der Waals surface area contributed by atoms with Gasteiger partial charge in [0.2, 0.25) is 0 Å². The Kier molecular flexibility index (Phi) is 4.59. The molecule has 1 aromatic rings. The number of aromatic nitrogens is 1. The summed E-state index contributed by atoms with van der Waals surface area (Å²) in [4.78, 5) is 22.8. The lowest BCUT2D eigenvalue weighted by Gasteiger charge is -2.19. The Bertz CT molecular complexity index is 540. The zero-order valence-electron chi connectivity index (χ0n) is 12.3. The van der Waals surface area contributed by atoms with E-state index in [1.807, 2.05) is 13.8 Å². The van der Waals surface area contributed by atoms with Crippen molar-refractivity contribution in [1.29, 1.82) is 0 Å². The molecule has 2 heterocycles. The van der Waals surface area contributed by atoms with Gasteiger partial charge in [-0.05, 0) is 13.8 Å². The monoisotopic (exact) mass is 296 g/mol. The molecule has 1 saturated heterocycles. The molecular weight excluding hydrogens is 276 g/mol. The van der Waals surface area contributed by atoms with E-state index >= 15 is 0 Å². The summed E-state index contributed by atoms with van der Waals surface area (Å²) in [6.07, 6.45) is 1.30. The predicted octanol–water partition coefficient (Wildman–Crippen LogP) is 0.694. The molecule has 2 rings (SSSR count). The van der Waals surface area contributed by atoms with Gasteiger partial charge in [-0.15, -0.1) is 0 Å². The van der Waals surface area contributed by atoms with Crippen molar-refractivity contribution in [3.05, 3.63) is 28.1 Å². The Morgan fingerprint density at radius 1 is 1.57 bits per heavy atom. The number of amides is 1. The summed E-state index contributed by atoms with van der Waals surface area (Å²) in [5.41, 5.74) is 0.208. The molecule has 8 heteroatoms. The van der Waals surface area contributed by atoms with Gasteiger partial charge < -0.3 is 19.9 Å². The minimum Gasteiger partial charge on any atom is -0.378 e. The van der Waals surface area contributed by atoms with Crippen LogP contribution in [-0.4, -0.2) is 47.7 Å². The first-order chi connectivity index (χ1) is 9.93. The number of carbonyl (C=O) groups excluding carboxylic acids is 1. The third-order valence-electron chi connectivity index (χ3n) is 3.61. The van der Waals surface area contributed by atoms with Crippen LogP contribution in [0, 0.1) is 10.1 Å². The second kappa shape index (κ2) is 6.23. The third kappa shape index (κ3) is 3.22. The van der Waals surface area contributed by atoms with Gasteiger partial charge in [0.1, 0.15) is 5.69 Å². The van der Waals surface area contributed by atoms with Crippen molar-refractivity contribution >= 4 is 11.6 Å². The lowest BCUT2D eigenvalue weighted by Crippen LogP contribution is -2.44. The van der Waals surface area contributed by atoms with E-state index in [9.17, 15) is 14.9 Å². The number of hydrogen-bond acceptors (Lipinski definition) is 5. The molecule has 0 aromatic carbocycles. The molecule has 1 aliphatic heterocycles. The maximum absolute atomic E-state index is 12.4. The van der Waals surface area contributed by atoms with E-state index in [4.69, 9.17) is 4.74 Å². The Balaban J connectivity index is 2.20. The van der Waals surface area contributed by atoms with E-state index in [1.165, 1.54) is 12.3 Å². The molecular formula is C13H20N4O4. The molecule has 8 nitrogen and oxygen atoms in total. The number of nitrogens with zero attached hydrogens (tertiary/aromatic N) is 2. The molecule has 0 spiro atoms. The topological polar surface area (TPSA) is 98.4 Å². The average Bonchev–Trinajstić information content (AvgIpc) is 3.04. The molecule has 116 valence electrons. The lowest BCUT2D eigenvalue weighted by molar-refractivity contribution is -0.384. The van der Waals surface area contributed by atoms with Crippen LogP contribution in [0.3, 0.4) is 0 Å². The van der Waals surface area contributed by atoms with Crippen LogP contribution < -0.4 is 10.6 Å². The molecule has 2 N–H and O–H groups in total. The highest BCUT2D eigenvalue weighted by Crippen LogP contribution is 2.21. The second-order valence-corrected chi connectivity index (χ2v) is 5.35. The van der Waals surface area contributed by atoms with Crippen molar-refractivity contribution in [2.24, 2.45) is 0 Å². The first-order valence-corrected chi connectivity index (χ1v) is 6.84. The van der Waals surface area contributed by atoms with Crippen molar-refractivity contribution in [1.82, 2.24) is 15.2 Å². The van der Waals surface area contributed by atoms with Crippen LogP contribution in [0.2, 0.25) is 0 Å². The lowest BCUT2D eigenvalue weighted by atomic mass is 10.2. The summed E-state index contributed by atoms with van der Waals surface area (Å²) in [5, 5.41) is 16.9.